The summed E-state index contributed by atoms with van der Waals surface area (Å²) in [7, 11) is 0. The molecule has 0 fully saturated rings. The Bertz CT molecular complexity index is 235. The Morgan fingerprint density at radius 2 is 2.67 bits per heavy atom. The molecule has 0 saturated heterocycles. The van der Waals surface area contributed by atoms with Gasteiger partial charge in [0.2, 0.25) is 0 Å². The molecule has 0 atom stereocenters. The lowest BCUT2D eigenvalue weighted by Crippen LogP contribution is -1.92. The molecule has 0 amide bonds. The summed E-state index contributed by atoms with van der Waals surface area (Å²) in [6.07, 6.45) is 0. The second kappa shape index (κ2) is 2.29. The molecule has 4 heteroatoms. The highest BCUT2D eigenvalue weighted by atomic mass is 16.5. The normalized spacial score (nSPS) is 8.89. The van der Waals surface area contributed by atoms with Crippen LogP contribution in [0.3, 0.4) is 0 Å². The molecule has 0 unspecified atom stereocenters. The van der Waals surface area contributed by atoms with E-state index in [1.807, 2.05) is 6.07 Å². The number of nitriles is 1. The van der Waals surface area contributed by atoms with Crippen LogP contribution in [0.25, 0.3) is 0 Å². The number of aromatic nitrogens is 1. The third kappa shape index (κ3) is 1.06. The van der Waals surface area contributed by atoms with Crippen molar-refractivity contribution in [3.63, 3.8) is 0 Å². The number of nitrogens with zero attached hydrogens (tertiary/aromatic N) is 2. The first-order valence-corrected chi connectivity index (χ1v) is 2.42. The van der Waals surface area contributed by atoms with Crippen LogP contribution in [0.5, 0.6) is 0 Å². The summed E-state index contributed by atoms with van der Waals surface area (Å²) in [5.41, 5.74) is 5.45. The molecule has 0 aromatic carbocycles. The minimum Gasteiger partial charge on any atom is -0.359 e. The molecule has 0 radical (unpaired) electrons. The van der Waals surface area contributed by atoms with E-state index in [9.17, 15) is 0 Å². The Hall–Kier alpha value is -1.34. The Balaban J connectivity index is 2.90. The van der Waals surface area contributed by atoms with Crippen molar-refractivity contribution in [2.45, 2.75) is 6.54 Å². The predicted molar refractivity (Wildman–Crippen MR) is 29.1 cm³/mol. The minimum absolute atomic E-state index is 0.274. The fourth-order valence-corrected chi connectivity index (χ4v) is 0.462. The van der Waals surface area contributed by atoms with E-state index in [2.05, 4.69) is 9.68 Å². The van der Waals surface area contributed by atoms with E-state index < -0.39 is 0 Å². The van der Waals surface area contributed by atoms with E-state index in [-0.39, 0.29) is 12.2 Å². The fourth-order valence-electron chi connectivity index (χ4n) is 0.462. The van der Waals surface area contributed by atoms with Gasteiger partial charge in [0, 0.05) is 6.07 Å². The van der Waals surface area contributed by atoms with Crippen LogP contribution >= 0.6 is 0 Å². The van der Waals surface area contributed by atoms with Gasteiger partial charge in [0.25, 0.3) is 0 Å². The van der Waals surface area contributed by atoms with Gasteiger partial charge in [-0.25, -0.2) is 0 Å². The van der Waals surface area contributed by atoms with Gasteiger partial charge in [-0.1, -0.05) is 5.16 Å². The molecule has 1 rings (SSSR count). The SMILES string of the molecule is N#Cc1cc(CN)on1. The molecule has 0 aliphatic rings. The van der Waals surface area contributed by atoms with Gasteiger partial charge in [-0.05, 0) is 0 Å². The minimum atomic E-state index is 0.274. The molecule has 0 aliphatic carbocycles. The maximum absolute atomic E-state index is 8.23. The first-order chi connectivity index (χ1) is 4.36. The van der Waals surface area contributed by atoms with Crippen LogP contribution in [0.15, 0.2) is 10.6 Å². The van der Waals surface area contributed by atoms with E-state index in [4.69, 9.17) is 11.0 Å². The lowest BCUT2D eigenvalue weighted by Gasteiger charge is -1.77. The maximum Gasteiger partial charge on any atom is 0.183 e. The topological polar surface area (TPSA) is 75.8 Å². The quantitative estimate of drug-likeness (QED) is 0.570. The molecule has 0 aliphatic heterocycles. The van der Waals surface area contributed by atoms with E-state index in [0.717, 1.165) is 0 Å². The van der Waals surface area contributed by atoms with Gasteiger partial charge in [-0.2, -0.15) is 5.26 Å². The van der Waals surface area contributed by atoms with Crippen molar-refractivity contribution in [3.05, 3.63) is 17.5 Å². The average Bonchev–Trinajstić information content (AvgIpc) is 2.34. The molecule has 9 heavy (non-hydrogen) atoms. The molecule has 1 aromatic heterocycles. The first-order valence-electron chi connectivity index (χ1n) is 2.42. The van der Waals surface area contributed by atoms with Crippen molar-refractivity contribution in [1.29, 1.82) is 5.26 Å². The molecule has 0 spiro atoms. The number of rotatable bonds is 1. The van der Waals surface area contributed by atoms with Crippen LogP contribution < -0.4 is 5.73 Å². The number of nitrogens with two attached hydrogens (primary N) is 1. The van der Waals surface area contributed by atoms with Crippen LogP contribution in [-0.2, 0) is 6.54 Å². The highest BCUT2D eigenvalue weighted by molar-refractivity contribution is 5.19. The zero-order valence-electron chi connectivity index (χ0n) is 4.66. The summed E-state index contributed by atoms with van der Waals surface area (Å²) in [4.78, 5) is 0. The number of hydrogen-bond donors (Lipinski definition) is 1. The number of hydrogen-bond acceptors (Lipinski definition) is 4. The molecule has 2 N–H and O–H groups in total. The van der Waals surface area contributed by atoms with E-state index in [1.165, 1.54) is 6.07 Å². The second-order valence-electron chi connectivity index (χ2n) is 1.49. The van der Waals surface area contributed by atoms with Gasteiger partial charge >= 0.3 is 0 Å². The van der Waals surface area contributed by atoms with E-state index in [1.54, 1.807) is 0 Å². The third-order valence-corrected chi connectivity index (χ3v) is 0.875. The summed E-state index contributed by atoms with van der Waals surface area (Å²) in [5, 5.41) is 11.6. The highest BCUT2D eigenvalue weighted by Crippen LogP contribution is 1.99. The summed E-state index contributed by atoms with van der Waals surface area (Å²) < 4.78 is 4.61. The van der Waals surface area contributed by atoms with Crippen LogP contribution in [0.1, 0.15) is 11.5 Å². The van der Waals surface area contributed by atoms with Crippen molar-refractivity contribution in [3.8, 4) is 6.07 Å². The van der Waals surface area contributed by atoms with Gasteiger partial charge in [0.1, 0.15) is 6.07 Å². The van der Waals surface area contributed by atoms with Gasteiger partial charge < -0.3 is 10.3 Å². The zero-order valence-corrected chi connectivity index (χ0v) is 4.66. The first kappa shape index (κ1) is 5.79. The molecule has 4 nitrogen and oxygen atoms in total. The van der Waals surface area contributed by atoms with Crippen molar-refractivity contribution in [2.24, 2.45) is 5.73 Å². The summed E-state index contributed by atoms with van der Waals surface area (Å²) in [6.45, 7) is 0.286. The average molecular weight is 123 g/mol. The smallest absolute Gasteiger partial charge is 0.183 e. The molecular weight excluding hydrogens is 118 g/mol. The summed E-state index contributed by atoms with van der Waals surface area (Å²) >= 11 is 0. The molecule has 46 valence electrons. The third-order valence-electron chi connectivity index (χ3n) is 0.875. The summed E-state index contributed by atoms with van der Waals surface area (Å²) in [5.74, 6) is 0.534. The Morgan fingerprint density at radius 3 is 3.00 bits per heavy atom. The van der Waals surface area contributed by atoms with Crippen molar-refractivity contribution < 1.29 is 4.52 Å². The van der Waals surface area contributed by atoms with Gasteiger partial charge in [-0.15, -0.1) is 0 Å². The Morgan fingerprint density at radius 1 is 1.89 bits per heavy atom. The largest absolute Gasteiger partial charge is 0.359 e. The van der Waals surface area contributed by atoms with Crippen molar-refractivity contribution in [2.75, 3.05) is 0 Å². The van der Waals surface area contributed by atoms with Crippen molar-refractivity contribution in [1.82, 2.24) is 5.16 Å². The van der Waals surface area contributed by atoms with Crippen LogP contribution in [0.2, 0.25) is 0 Å². The lowest BCUT2D eigenvalue weighted by molar-refractivity contribution is 0.383. The maximum atomic E-state index is 8.23. The predicted octanol–water partition coefficient (Wildman–Crippen LogP) is 0.00498. The molecule has 1 aromatic rings. The molecule has 0 saturated carbocycles. The zero-order chi connectivity index (χ0) is 6.69. The van der Waals surface area contributed by atoms with Gasteiger partial charge in [0.15, 0.2) is 11.5 Å². The van der Waals surface area contributed by atoms with Crippen LogP contribution in [-0.4, -0.2) is 5.16 Å². The van der Waals surface area contributed by atoms with Crippen molar-refractivity contribution >= 4 is 0 Å². The molecular formula is C5H5N3O. The van der Waals surface area contributed by atoms with E-state index >= 15 is 0 Å². The Labute approximate surface area is 51.9 Å². The van der Waals surface area contributed by atoms with Crippen LogP contribution in [0.4, 0.5) is 0 Å². The molecule has 0 bridgehead atoms. The van der Waals surface area contributed by atoms with Gasteiger partial charge in [-0.3, -0.25) is 0 Å². The fraction of sp³-hybridized carbons (Fsp3) is 0.200. The highest BCUT2D eigenvalue weighted by Gasteiger charge is 1.98. The van der Waals surface area contributed by atoms with Crippen LogP contribution in [0, 0.1) is 11.3 Å². The monoisotopic (exact) mass is 123 g/mol. The lowest BCUT2D eigenvalue weighted by atomic mass is 10.4. The molecule has 1 heterocycles. The van der Waals surface area contributed by atoms with Gasteiger partial charge in [0.05, 0.1) is 6.54 Å². The standard InChI is InChI=1S/C5H5N3O/c6-2-4-1-5(3-7)9-8-4/h1H,3,7H2. The summed E-state index contributed by atoms with van der Waals surface area (Å²) in [6, 6.07) is 3.34. The van der Waals surface area contributed by atoms with E-state index in [0.29, 0.717) is 5.76 Å². The Kier molecular flexibility index (Phi) is 1.47. The second-order valence-corrected chi connectivity index (χ2v) is 1.49.